The molecule has 0 amide bonds. The van der Waals surface area contributed by atoms with Gasteiger partial charge in [0.05, 0.1) is 10.6 Å². The number of hydrogen-bond acceptors (Lipinski definition) is 4. The molecule has 0 spiro atoms. The summed E-state index contributed by atoms with van der Waals surface area (Å²) in [6.45, 7) is 3.01. The number of pyridine rings is 1. The molecule has 0 fully saturated rings. The number of carboxylic acids is 1. The van der Waals surface area contributed by atoms with Crippen LogP contribution < -0.4 is 0 Å². The molecule has 0 atom stereocenters. The van der Waals surface area contributed by atoms with Crippen LogP contribution in [0.4, 0.5) is 0 Å². The van der Waals surface area contributed by atoms with Gasteiger partial charge < -0.3 is 10.0 Å². The molecule has 0 unspecified atom stereocenters. The third-order valence-corrected chi connectivity index (χ3v) is 3.29. The Balaban J connectivity index is 2.79. The van der Waals surface area contributed by atoms with Crippen LogP contribution in [0.15, 0.2) is 17.2 Å². The minimum absolute atomic E-state index is 0.334. The molecule has 5 heteroatoms. The van der Waals surface area contributed by atoms with Crippen LogP contribution in [0, 0.1) is 0 Å². The zero-order valence-electron chi connectivity index (χ0n) is 11.1. The van der Waals surface area contributed by atoms with E-state index >= 15 is 0 Å². The van der Waals surface area contributed by atoms with Gasteiger partial charge in [-0.15, -0.1) is 11.8 Å². The van der Waals surface area contributed by atoms with Crippen LogP contribution >= 0.6 is 11.8 Å². The van der Waals surface area contributed by atoms with Crippen molar-refractivity contribution in [3.05, 3.63) is 23.4 Å². The highest BCUT2D eigenvalue weighted by molar-refractivity contribution is 7.99. The van der Waals surface area contributed by atoms with Gasteiger partial charge in [0, 0.05) is 18.0 Å². The van der Waals surface area contributed by atoms with Crippen molar-refractivity contribution in [3.63, 3.8) is 0 Å². The molecule has 1 aromatic rings. The number of carboxylic acid groups (broad SMARTS) is 1. The fraction of sp³-hybridized carbons (Fsp3) is 0.538. The van der Waals surface area contributed by atoms with E-state index < -0.39 is 5.97 Å². The quantitative estimate of drug-likeness (QED) is 0.770. The molecule has 18 heavy (non-hydrogen) atoms. The Labute approximate surface area is 112 Å². The Morgan fingerprint density at radius 3 is 2.72 bits per heavy atom. The number of aromatic carboxylic acids is 1. The first-order chi connectivity index (χ1) is 8.52. The summed E-state index contributed by atoms with van der Waals surface area (Å²) in [4.78, 5) is 17.6. The first kappa shape index (κ1) is 15.0. The molecule has 0 aliphatic rings. The Kier molecular flexibility index (Phi) is 6.15. The second-order valence-corrected chi connectivity index (χ2v) is 5.51. The van der Waals surface area contributed by atoms with Crippen molar-refractivity contribution in [2.24, 2.45) is 0 Å². The molecular formula is C13H20N2O2S. The number of carbonyl (C=O) groups is 1. The molecule has 0 aromatic carbocycles. The molecule has 0 bridgehead atoms. The Hall–Kier alpha value is -1.07. The van der Waals surface area contributed by atoms with Crippen molar-refractivity contribution in [3.8, 4) is 0 Å². The Morgan fingerprint density at radius 2 is 2.17 bits per heavy atom. The van der Waals surface area contributed by atoms with Crippen molar-refractivity contribution in [2.75, 3.05) is 26.4 Å². The number of aryl methyl sites for hydroxylation is 1. The molecule has 0 saturated heterocycles. The maximum Gasteiger partial charge on any atom is 0.335 e. The number of nitrogens with zero attached hydrogens (tertiary/aromatic N) is 2. The van der Waals surface area contributed by atoms with Gasteiger partial charge in [0.1, 0.15) is 0 Å². The lowest BCUT2D eigenvalue weighted by atomic mass is 10.2. The normalized spacial score (nSPS) is 10.9. The average molecular weight is 268 g/mol. The van der Waals surface area contributed by atoms with Crippen LogP contribution in [0.5, 0.6) is 0 Å². The molecule has 1 aromatic heterocycles. The highest BCUT2D eigenvalue weighted by Crippen LogP contribution is 2.19. The highest BCUT2D eigenvalue weighted by atomic mass is 32.2. The molecule has 0 aliphatic heterocycles. The molecule has 0 radical (unpaired) electrons. The van der Waals surface area contributed by atoms with Gasteiger partial charge in [-0.25, -0.2) is 9.78 Å². The van der Waals surface area contributed by atoms with E-state index in [9.17, 15) is 4.79 Å². The van der Waals surface area contributed by atoms with Crippen molar-refractivity contribution in [1.29, 1.82) is 0 Å². The summed E-state index contributed by atoms with van der Waals surface area (Å²) in [5.74, 6) is 0.0264. The lowest BCUT2D eigenvalue weighted by Gasteiger charge is -2.09. The van der Waals surface area contributed by atoms with E-state index in [-0.39, 0.29) is 0 Å². The van der Waals surface area contributed by atoms with E-state index in [1.165, 1.54) is 0 Å². The second kappa shape index (κ2) is 7.38. The molecule has 0 aliphatic carbocycles. The van der Waals surface area contributed by atoms with Crippen LogP contribution in [-0.2, 0) is 6.42 Å². The van der Waals surface area contributed by atoms with Gasteiger partial charge in [-0.1, -0.05) is 13.3 Å². The molecule has 0 saturated carbocycles. The fourth-order valence-corrected chi connectivity index (χ4v) is 2.53. The van der Waals surface area contributed by atoms with E-state index in [1.807, 2.05) is 14.1 Å². The summed E-state index contributed by atoms with van der Waals surface area (Å²) in [6.07, 6.45) is 1.79. The Morgan fingerprint density at radius 1 is 1.44 bits per heavy atom. The smallest absolute Gasteiger partial charge is 0.335 e. The van der Waals surface area contributed by atoms with Crippen molar-refractivity contribution in [1.82, 2.24) is 9.88 Å². The van der Waals surface area contributed by atoms with Gasteiger partial charge in [-0.2, -0.15) is 0 Å². The summed E-state index contributed by atoms with van der Waals surface area (Å²) in [5.41, 5.74) is 1.20. The van der Waals surface area contributed by atoms with Crippen molar-refractivity contribution < 1.29 is 9.90 Å². The molecule has 1 heterocycles. The summed E-state index contributed by atoms with van der Waals surface area (Å²) in [5, 5.41) is 9.88. The third-order valence-electron chi connectivity index (χ3n) is 2.40. The monoisotopic (exact) mass is 268 g/mol. The third kappa shape index (κ3) is 5.06. The maximum atomic E-state index is 11.0. The second-order valence-electron chi connectivity index (χ2n) is 4.39. The summed E-state index contributed by atoms with van der Waals surface area (Å²) in [6, 6.07) is 3.32. The molecule has 4 nitrogen and oxygen atoms in total. The van der Waals surface area contributed by atoms with E-state index in [0.717, 1.165) is 35.9 Å². The molecular weight excluding hydrogens is 248 g/mol. The minimum Gasteiger partial charge on any atom is -0.478 e. The standard InChI is InChI=1S/C13H20N2O2S/c1-4-5-11-8-10(13(16)17)9-12(14-11)18-7-6-15(2)3/h8-9H,4-7H2,1-3H3,(H,16,17). The van der Waals surface area contributed by atoms with Gasteiger partial charge in [0.2, 0.25) is 0 Å². The largest absolute Gasteiger partial charge is 0.478 e. The maximum absolute atomic E-state index is 11.0. The minimum atomic E-state index is -0.885. The SMILES string of the molecule is CCCc1cc(C(=O)O)cc(SCCN(C)C)n1. The first-order valence-corrected chi connectivity index (χ1v) is 7.03. The number of rotatable bonds is 7. The van der Waals surface area contributed by atoms with Gasteiger partial charge in [0.25, 0.3) is 0 Å². The van der Waals surface area contributed by atoms with Gasteiger partial charge in [0.15, 0.2) is 0 Å². The first-order valence-electron chi connectivity index (χ1n) is 6.04. The van der Waals surface area contributed by atoms with Crippen molar-refractivity contribution >= 4 is 17.7 Å². The number of aromatic nitrogens is 1. The Bertz CT molecular complexity index is 408. The molecule has 1 rings (SSSR count). The summed E-state index contributed by atoms with van der Waals surface area (Å²) >= 11 is 1.60. The van der Waals surface area contributed by atoms with E-state index in [1.54, 1.807) is 23.9 Å². The summed E-state index contributed by atoms with van der Waals surface area (Å²) < 4.78 is 0. The number of hydrogen-bond donors (Lipinski definition) is 1. The van der Waals surface area contributed by atoms with Crippen LogP contribution in [0.2, 0.25) is 0 Å². The zero-order chi connectivity index (χ0) is 13.5. The highest BCUT2D eigenvalue weighted by Gasteiger charge is 2.08. The lowest BCUT2D eigenvalue weighted by molar-refractivity contribution is 0.0696. The van der Waals surface area contributed by atoms with E-state index in [2.05, 4.69) is 16.8 Å². The number of thioether (sulfide) groups is 1. The predicted octanol–water partition coefficient (Wildman–Crippen LogP) is 2.39. The van der Waals surface area contributed by atoms with Crippen LogP contribution in [-0.4, -0.2) is 47.4 Å². The van der Waals surface area contributed by atoms with Crippen molar-refractivity contribution in [2.45, 2.75) is 24.8 Å². The van der Waals surface area contributed by atoms with Crippen LogP contribution in [0.25, 0.3) is 0 Å². The summed E-state index contributed by atoms with van der Waals surface area (Å²) in [7, 11) is 4.04. The lowest BCUT2D eigenvalue weighted by Crippen LogP contribution is -2.14. The van der Waals surface area contributed by atoms with Gasteiger partial charge in [-0.3, -0.25) is 0 Å². The fourth-order valence-electron chi connectivity index (χ4n) is 1.47. The molecule has 1 N–H and O–H groups in total. The van der Waals surface area contributed by atoms with Gasteiger partial charge in [-0.05, 0) is 32.6 Å². The van der Waals surface area contributed by atoms with E-state index in [0.29, 0.717) is 5.56 Å². The topological polar surface area (TPSA) is 53.4 Å². The van der Waals surface area contributed by atoms with E-state index in [4.69, 9.17) is 5.11 Å². The van der Waals surface area contributed by atoms with Crippen LogP contribution in [0.3, 0.4) is 0 Å². The predicted molar refractivity (Wildman–Crippen MR) is 74.5 cm³/mol. The average Bonchev–Trinajstić information content (AvgIpc) is 2.28. The van der Waals surface area contributed by atoms with Crippen LogP contribution in [0.1, 0.15) is 29.4 Å². The zero-order valence-corrected chi connectivity index (χ0v) is 12.0. The molecule has 100 valence electrons. The van der Waals surface area contributed by atoms with Gasteiger partial charge >= 0.3 is 5.97 Å².